The maximum atomic E-state index is 6.16. The normalized spacial score (nSPS) is 17.5. The molecule has 7 heteroatoms. The number of halogens is 1. The van der Waals surface area contributed by atoms with Gasteiger partial charge in [-0.2, -0.15) is 4.37 Å². The Bertz CT molecular complexity index is 607. The molecule has 0 spiro atoms. The zero-order valence-corrected chi connectivity index (χ0v) is 12.8. The van der Waals surface area contributed by atoms with Crippen LogP contribution in [-0.2, 0) is 0 Å². The first-order valence-electron chi connectivity index (χ1n) is 6.57. The monoisotopic (exact) mass is 309 g/mol. The third kappa shape index (κ3) is 2.77. The molecule has 1 fully saturated rings. The number of rotatable bonds is 2. The summed E-state index contributed by atoms with van der Waals surface area (Å²) in [6.45, 7) is 2.20. The first-order valence-corrected chi connectivity index (χ1v) is 7.72. The largest absolute Gasteiger partial charge is 0.384 e. The van der Waals surface area contributed by atoms with Crippen LogP contribution < -0.4 is 5.73 Å². The van der Waals surface area contributed by atoms with Crippen LogP contribution in [0.5, 0.6) is 0 Å². The summed E-state index contributed by atoms with van der Waals surface area (Å²) in [5.41, 5.74) is 6.53. The van der Waals surface area contributed by atoms with Gasteiger partial charge in [0, 0.05) is 17.7 Å². The van der Waals surface area contributed by atoms with Crippen molar-refractivity contribution < 1.29 is 0 Å². The lowest BCUT2D eigenvalue weighted by molar-refractivity contribution is 0.252. The van der Waals surface area contributed by atoms with Crippen molar-refractivity contribution >= 4 is 29.0 Å². The van der Waals surface area contributed by atoms with Crippen LogP contribution in [0.4, 0.5) is 5.82 Å². The van der Waals surface area contributed by atoms with Crippen LogP contribution >= 0.6 is 23.1 Å². The summed E-state index contributed by atoms with van der Waals surface area (Å²) in [7, 11) is 2.15. The van der Waals surface area contributed by atoms with Crippen molar-refractivity contribution in [3.63, 3.8) is 0 Å². The lowest BCUT2D eigenvalue weighted by Gasteiger charge is -2.27. The van der Waals surface area contributed by atoms with Gasteiger partial charge in [0.25, 0.3) is 0 Å². The fourth-order valence-electron chi connectivity index (χ4n) is 2.40. The fraction of sp³-hybridized carbons (Fsp3) is 0.462. The summed E-state index contributed by atoms with van der Waals surface area (Å²) in [6.07, 6.45) is 3.78. The minimum Gasteiger partial charge on any atom is -0.384 e. The number of aromatic nitrogens is 3. The average molecular weight is 310 g/mol. The van der Waals surface area contributed by atoms with Crippen LogP contribution in [0.2, 0.25) is 5.02 Å². The number of nitrogen functional groups attached to an aromatic ring is 1. The van der Waals surface area contributed by atoms with Gasteiger partial charge >= 0.3 is 0 Å². The van der Waals surface area contributed by atoms with E-state index in [9.17, 15) is 0 Å². The lowest BCUT2D eigenvalue weighted by atomic mass is 9.96. The highest BCUT2D eigenvalue weighted by molar-refractivity contribution is 7.09. The van der Waals surface area contributed by atoms with E-state index in [-0.39, 0.29) is 0 Å². The molecule has 0 amide bonds. The summed E-state index contributed by atoms with van der Waals surface area (Å²) in [4.78, 5) is 11.0. The summed E-state index contributed by atoms with van der Waals surface area (Å²) >= 11 is 7.54. The van der Waals surface area contributed by atoms with Crippen molar-refractivity contribution in [1.82, 2.24) is 19.2 Å². The third-order valence-electron chi connectivity index (χ3n) is 3.63. The Hall–Kier alpha value is -1.24. The van der Waals surface area contributed by atoms with E-state index in [0.29, 0.717) is 16.8 Å². The SMILES string of the molecule is CN1CCC(c2nsc(-c3cc(N)ncc3Cl)n2)CC1. The van der Waals surface area contributed by atoms with Crippen LogP contribution in [0, 0.1) is 0 Å². The van der Waals surface area contributed by atoms with Gasteiger partial charge in [-0.3, -0.25) is 0 Å². The summed E-state index contributed by atoms with van der Waals surface area (Å²) < 4.78 is 4.50. The molecule has 0 bridgehead atoms. The Balaban J connectivity index is 1.85. The van der Waals surface area contributed by atoms with E-state index in [4.69, 9.17) is 17.3 Å². The predicted molar refractivity (Wildman–Crippen MR) is 82.0 cm³/mol. The van der Waals surface area contributed by atoms with Crippen LogP contribution in [0.25, 0.3) is 10.6 Å². The van der Waals surface area contributed by atoms with Gasteiger partial charge in [0.2, 0.25) is 0 Å². The number of likely N-dealkylation sites (tertiary alicyclic amines) is 1. The molecule has 5 nitrogen and oxygen atoms in total. The molecule has 1 aliphatic rings. The van der Waals surface area contributed by atoms with Crippen molar-refractivity contribution in [2.75, 3.05) is 25.9 Å². The Morgan fingerprint density at radius 2 is 2.15 bits per heavy atom. The van der Waals surface area contributed by atoms with Crippen molar-refractivity contribution in [2.24, 2.45) is 0 Å². The quantitative estimate of drug-likeness (QED) is 0.923. The number of piperidine rings is 1. The molecule has 0 unspecified atom stereocenters. The van der Waals surface area contributed by atoms with E-state index in [2.05, 4.69) is 26.3 Å². The van der Waals surface area contributed by atoms with Crippen molar-refractivity contribution in [3.8, 4) is 10.6 Å². The summed E-state index contributed by atoms with van der Waals surface area (Å²) in [6, 6.07) is 1.75. The van der Waals surface area contributed by atoms with Gasteiger partial charge in [-0.15, -0.1) is 0 Å². The third-order valence-corrected chi connectivity index (χ3v) is 4.70. The molecule has 3 heterocycles. The number of pyridine rings is 1. The lowest BCUT2D eigenvalue weighted by Crippen LogP contribution is -2.29. The Morgan fingerprint density at radius 3 is 2.90 bits per heavy atom. The number of nitrogens with two attached hydrogens (primary N) is 1. The molecule has 2 aromatic heterocycles. The second kappa shape index (κ2) is 5.63. The Morgan fingerprint density at radius 1 is 1.40 bits per heavy atom. The average Bonchev–Trinajstić information content (AvgIpc) is 2.92. The molecule has 0 aliphatic carbocycles. The minimum atomic E-state index is 0.445. The Labute approximate surface area is 127 Å². The molecule has 0 radical (unpaired) electrons. The van der Waals surface area contributed by atoms with Gasteiger partial charge in [-0.1, -0.05) is 11.6 Å². The van der Waals surface area contributed by atoms with E-state index in [1.165, 1.54) is 11.5 Å². The number of nitrogens with zero attached hydrogens (tertiary/aromatic N) is 4. The van der Waals surface area contributed by atoms with Crippen LogP contribution in [0.3, 0.4) is 0 Å². The molecule has 3 rings (SSSR count). The molecule has 0 atom stereocenters. The highest BCUT2D eigenvalue weighted by atomic mass is 35.5. The number of anilines is 1. The molecule has 2 aromatic rings. The van der Waals surface area contributed by atoms with Gasteiger partial charge in [0.05, 0.1) is 5.02 Å². The molecule has 0 aromatic carbocycles. The van der Waals surface area contributed by atoms with E-state index in [0.717, 1.165) is 42.3 Å². The molecule has 20 heavy (non-hydrogen) atoms. The number of hydrogen-bond acceptors (Lipinski definition) is 6. The van der Waals surface area contributed by atoms with Crippen molar-refractivity contribution in [2.45, 2.75) is 18.8 Å². The highest BCUT2D eigenvalue weighted by Crippen LogP contribution is 2.33. The fourth-order valence-corrected chi connectivity index (χ4v) is 3.42. The Kier molecular flexibility index (Phi) is 3.87. The van der Waals surface area contributed by atoms with E-state index in [1.807, 2.05) is 0 Å². The van der Waals surface area contributed by atoms with Crippen LogP contribution in [0.1, 0.15) is 24.6 Å². The zero-order chi connectivity index (χ0) is 14.1. The van der Waals surface area contributed by atoms with Gasteiger partial charge in [0.15, 0.2) is 0 Å². The highest BCUT2D eigenvalue weighted by Gasteiger charge is 2.22. The topological polar surface area (TPSA) is 67.9 Å². The smallest absolute Gasteiger partial charge is 0.146 e. The van der Waals surface area contributed by atoms with Gasteiger partial charge in [-0.25, -0.2) is 9.97 Å². The molecule has 106 valence electrons. The maximum Gasteiger partial charge on any atom is 0.146 e. The summed E-state index contributed by atoms with van der Waals surface area (Å²) in [5, 5.41) is 1.38. The first kappa shape index (κ1) is 13.7. The molecule has 0 saturated carbocycles. The minimum absolute atomic E-state index is 0.445. The van der Waals surface area contributed by atoms with E-state index < -0.39 is 0 Å². The van der Waals surface area contributed by atoms with Crippen molar-refractivity contribution in [1.29, 1.82) is 0 Å². The number of hydrogen-bond donors (Lipinski definition) is 1. The van der Waals surface area contributed by atoms with Gasteiger partial charge in [-0.05, 0) is 50.6 Å². The van der Waals surface area contributed by atoms with Gasteiger partial charge in [0.1, 0.15) is 16.6 Å². The molecule has 1 aliphatic heterocycles. The maximum absolute atomic E-state index is 6.16. The molecular weight excluding hydrogens is 294 g/mol. The van der Waals surface area contributed by atoms with Gasteiger partial charge < -0.3 is 10.6 Å². The van der Waals surface area contributed by atoms with E-state index >= 15 is 0 Å². The first-order chi connectivity index (χ1) is 9.63. The second-order valence-electron chi connectivity index (χ2n) is 5.12. The second-order valence-corrected chi connectivity index (χ2v) is 6.28. The van der Waals surface area contributed by atoms with Crippen molar-refractivity contribution in [3.05, 3.63) is 23.1 Å². The van der Waals surface area contributed by atoms with E-state index in [1.54, 1.807) is 12.3 Å². The van der Waals surface area contributed by atoms with Crippen LogP contribution in [0.15, 0.2) is 12.3 Å². The predicted octanol–water partition coefficient (Wildman–Crippen LogP) is 2.64. The molecule has 1 saturated heterocycles. The standard InChI is InChI=1S/C13H16ClN5S/c1-19-4-2-8(3-5-19)12-17-13(20-18-12)9-6-11(15)16-7-10(9)14/h6-8H,2-5H2,1H3,(H2,15,16). The molecule has 2 N–H and O–H groups in total. The molecular formula is C13H16ClN5S. The zero-order valence-electron chi connectivity index (χ0n) is 11.2. The summed E-state index contributed by atoms with van der Waals surface area (Å²) in [5.74, 6) is 1.83. The van der Waals surface area contributed by atoms with Crippen LogP contribution in [-0.4, -0.2) is 39.4 Å².